The Morgan fingerprint density at radius 3 is 2.05 bits per heavy atom. The maximum atomic E-state index is 12.2. The van der Waals surface area contributed by atoms with E-state index in [2.05, 4.69) is 10.0 Å². The first-order valence-electron chi connectivity index (χ1n) is 8.05. The molecule has 4 aliphatic carbocycles. The van der Waals surface area contributed by atoms with E-state index in [0.717, 1.165) is 24.0 Å². The molecule has 1 amide bonds. The molecule has 120 valence electrons. The molecule has 2 N–H and O–H groups in total. The van der Waals surface area contributed by atoms with Gasteiger partial charge in [0.2, 0.25) is 15.9 Å². The van der Waals surface area contributed by atoms with Gasteiger partial charge >= 0.3 is 0 Å². The highest BCUT2D eigenvalue weighted by Gasteiger charge is 2.51. The van der Waals surface area contributed by atoms with Gasteiger partial charge in [0.25, 0.3) is 0 Å². The zero-order chi connectivity index (χ0) is 15.1. The molecule has 4 saturated carbocycles. The van der Waals surface area contributed by atoms with Crippen LogP contribution < -0.4 is 10.0 Å². The first kappa shape index (κ1) is 15.3. The van der Waals surface area contributed by atoms with Crippen molar-refractivity contribution in [1.82, 2.24) is 10.0 Å². The maximum absolute atomic E-state index is 12.2. The number of rotatable bonds is 6. The van der Waals surface area contributed by atoms with Gasteiger partial charge in [0.1, 0.15) is 0 Å². The number of sulfonamides is 1. The predicted octanol–water partition coefficient (Wildman–Crippen LogP) is 1.26. The second-order valence-electron chi connectivity index (χ2n) is 7.61. The fourth-order valence-corrected chi connectivity index (χ4v) is 5.82. The minimum Gasteiger partial charge on any atom is -0.355 e. The second kappa shape index (κ2) is 5.54. The van der Waals surface area contributed by atoms with Crippen LogP contribution in [-0.4, -0.2) is 33.7 Å². The molecule has 21 heavy (non-hydrogen) atoms. The summed E-state index contributed by atoms with van der Waals surface area (Å²) in [5, 5.41) is 2.86. The third kappa shape index (κ3) is 3.77. The molecule has 0 aliphatic heterocycles. The van der Waals surface area contributed by atoms with Crippen molar-refractivity contribution in [2.75, 3.05) is 19.3 Å². The van der Waals surface area contributed by atoms with Crippen LogP contribution in [0.3, 0.4) is 0 Å². The van der Waals surface area contributed by atoms with Crippen LogP contribution in [0.25, 0.3) is 0 Å². The van der Waals surface area contributed by atoms with Crippen molar-refractivity contribution in [3.8, 4) is 0 Å². The van der Waals surface area contributed by atoms with Crippen LogP contribution >= 0.6 is 0 Å². The number of amides is 1. The van der Waals surface area contributed by atoms with Crippen molar-refractivity contribution in [2.45, 2.75) is 44.9 Å². The lowest BCUT2D eigenvalue weighted by Gasteiger charge is -2.56. The van der Waals surface area contributed by atoms with Crippen LogP contribution in [0.1, 0.15) is 44.9 Å². The fraction of sp³-hybridized carbons (Fsp3) is 0.933. The predicted molar refractivity (Wildman–Crippen MR) is 81.1 cm³/mol. The summed E-state index contributed by atoms with van der Waals surface area (Å²) in [5.41, 5.74) is 0.253. The standard InChI is InChI=1S/C15H26N2O3S/c1-21(19,20)17-3-2-16-14(18)10-15-7-11-4-12(8-15)6-13(5-11)9-15/h11-13,17H,2-10H2,1H3,(H,16,18). The van der Waals surface area contributed by atoms with Gasteiger partial charge in [-0.15, -0.1) is 0 Å². The lowest BCUT2D eigenvalue weighted by Crippen LogP contribution is -2.48. The Morgan fingerprint density at radius 2 is 1.57 bits per heavy atom. The summed E-state index contributed by atoms with van der Waals surface area (Å²) in [4.78, 5) is 12.2. The van der Waals surface area contributed by atoms with Crippen molar-refractivity contribution in [1.29, 1.82) is 0 Å². The average Bonchev–Trinajstić information content (AvgIpc) is 2.31. The van der Waals surface area contributed by atoms with E-state index in [-0.39, 0.29) is 17.9 Å². The first-order chi connectivity index (χ1) is 9.84. The molecule has 0 saturated heterocycles. The third-order valence-electron chi connectivity index (χ3n) is 5.51. The summed E-state index contributed by atoms with van der Waals surface area (Å²) in [6.45, 7) is 0.643. The molecule has 5 nitrogen and oxygen atoms in total. The number of hydrogen-bond acceptors (Lipinski definition) is 3. The normalized spacial score (nSPS) is 37.7. The molecule has 6 heteroatoms. The smallest absolute Gasteiger partial charge is 0.220 e. The Bertz CT molecular complexity index is 480. The lowest BCUT2D eigenvalue weighted by atomic mass is 9.49. The number of nitrogens with one attached hydrogen (secondary N) is 2. The van der Waals surface area contributed by atoms with Crippen molar-refractivity contribution in [3.05, 3.63) is 0 Å². The van der Waals surface area contributed by atoms with E-state index in [4.69, 9.17) is 0 Å². The van der Waals surface area contributed by atoms with Crippen molar-refractivity contribution in [3.63, 3.8) is 0 Å². The topological polar surface area (TPSA) is 75.3 Å². The summed E-state index contributed by atoms with van der Waals surface area (Å²) in [5.74, 6) is 2.66. The van der Waals surface area contributed by atoms with Crippen LogP contribution in [-0.2, 0) is 14.8 Å². The summed E-state index contributed by atoms with van der Waals surface area (Å²) < 4.78 is 24.3. The molecule has 0 heterocycles. The summed E-state index contributed by atoms with van der Waals surface area (Å²) in [7, 11) is -3.17. The lowest BCUT2D eigenvalue weighted by molar-refractivity contribution is -0.129. The zero-order valence-corrected chi connectivity index (χ0v) is 13.5. The number of hydrogen-bond donors (Lipinski definition) is 2. The van der Waals surface area contributed by atoms with Crippen LogP contribution in [0.5, 0.6) is 0 Å². The number of carbonyl (C=O) groups is 1. The quantitative estimate of drug-likeness (QED) is 0.725. The largest absolute Gasteiger partial charge is 0.355 e. The molecule has 4 aliphatic rings. The Hall–Kier alpha value is -0.620. The van der Waals surface area contributed by atoms with Gasteiger partial charge in [-0.1, -0.05) is 0 Å². The highest BCUT2D eigenvalue weighted by molar-refractivity contribution is 7.88. The maximum Gasteiger partial charge on any atom is 0.220 e. The van der Waals surface area contributed by atoms with E-state index < -0.39 is 10.0 Å². The number of carbonyl (C=O) groups excluding carboxylic acids is 1. The van der Waals surface area contributed by atoms with Gasteiger partial charge in [0, 0.05) is 19.5 Å². The molecular weight excluding hydrogens is 288 g/mol. The molecule has 0 aromatic carbocycles. The fourth-order valence-electron chi connectivity index (χ4n) is 5.35. The SMILES string of the molecule is CS(=O)(=O)NCCNC(=O)CC12CC3CC(CC(C3)C1)C2. The van der Waals surface area contributed by atoms with Crippen LogP contribution in [0.15, 0.2) is 0 Å². The molecule has 0 aromatic rings. The molecule has 0 atom stereocenters. The van der Waals surface area contributed by atoms with Crippen LogP contribution in [0.4, 0.5) is 0 Å². The second-order valence-corrected chi connectivity index (χ2v) is 9.44. The van der Waals surface area contributed by atoms with E-state index in [1.807, 2.05) is 0 Å². The minimum absolute atomic E-state index is 0.0900. The van der Waals surface area contributed by atoms with E-state index in [9.17, 15) is 13.2 Å². The van der Waals surface area contributed by atoms with Gasteiger partial charge in [-0.3, -0.25) is 4.79 Å². The van der Waals surface area contributed by atoms with Crippen molar-refractivity contribution >= 4 is 15.9 Å². The Balaban J connectivity index is 1.47. The zero-order valence-electron chi connectivity index (χ0n) is 12.7. The Morgan fingerprint density at radius 1 is 1.05 bits per heavy atom. The molecule has 0 unspecified atom stereocenters. The third-order valence-corrected chi connectivity index (χ3v) is 6.24. The molecule has 0 aromatic heterocycles. The molecule has 4 bridgehead atoms. The van der Waals surface area contributed by atoms with E-state index >= 15 is 0 Å². The van der Waals surface area contributed by atoms with E-state index in [1.165, 1.54) is 38.5 Å². The van der Waals surface area contributed by atoms with Crippen molar-refractivity contribution < 1.29 is 13.2 Å². The average molecular weight is 314 g/mol. The summed E-state index contributed by atoms with van der Waals surface area (Å²) >= 11 is 0. The molecule has 0 radical (unpaired) electrons. The molecular formula is C15H26N2O3S. The van der Waals surface area contributed by atoms with Crippen LogP contribution in [0.2, 0.25) is 0 Å². The van der Waals surface area contributed by atoms with E-state index in [1.54, 1.807) is 0 Å². The van der Waals surface area contributed by atoms with Gasteiger partial charge in [0.15, 0.2) is 0 Å². The van der Waals surface area contributed by atoms with Crippen molar-refractivity contribution in [2.24, 2.45) is 23.2 Å². The van der Waals surface area contributed by atoms with Gasteiger partial charge < -0.3 is 5.32 Å². The van der Waals surface area contributed by atoms with E-state index in [0.29, 0.717) is 13.0 Å². The molecule has 4 fully saturated rings. The summed E-state index contributed by atoms with van der Waals surface area (Å²) in [6.07, 6.45) is 9.62. The van der Waals surface area contributed by atoms with Gasteiger partial charge in [-0.2, -0.15) is 0 Å². The van der Waals surface area contributed by atoms with Gasteiger partial charge in [-0.05, 0) is 61.7 Å². The first-order valence-corrected chi connectivity index (χ1v) is 9.94. The molecule has 4 rings (SSSR count). The highest BCUT2D eigenvalue weighted by atomic mass is 32.2. The van der Waals surface area contributed by atoms with Gasteiger partial charge in [-0.25, -0.2) is 13.1 Å². The summed E-state index contributed by atoms with van der Waals surface area (Å²) in [6, 6.07) is 0. The Kier molecular flexibility index (Phi) is 4.03. The monoisotopic (exact) mass is 314 g/mol. The minimum atomic E-state index is -3.17. The van der Waals surface area contributed by atoms with Crippen LogP contribution in [0, 0.1) is 23.2 Å². The highest BCUT2D eigenvalue weighted by Crippen LogP contribution is 2.61. The van der Waals surface area contributed by atoms with Gasteiger partial charge in [0.05, 0.1) is 6.26 Å². The molecule has 0 spiro atoms. The Labute approximate surface area is 127 Å².